The standard InChI is InChI=1S/C12H21FN4O/c1-2-14-12-16-9-6-7(13)5-8-10(9)17(12)4-3-15-11(8)18/h7-10,12,14,16H,2-6H2,1H3,(H,15,18). The maximum atomic E-state index is 13.8. The highest BCUT2D eigenvalue weighted by atomic mass is 19.1. The Morgan fingerprint density at radius 1 is 1.50 bits per heavy atom. The van der Waals surface area contributed by atoms with Crippen molar-refractivity contribution in [3.63, 3.8) is 0 Å². The molecule has 1 aliphatic carbocycles. The van der Waals surface area contributed by atoms with Gasteiger partial charge in [-0.1, -0.05) is 6.92 Å². The highest BCUT2D eigenvalue weighted by Crippen LogP contribution is 2.36. The molecule has 0 aromatic rings. The van der Waals surface area contributed by atoms with E-state index in [-0.39, 0.29) is 30.2 Å². The van der Waals surface area contributed by atoms with Crippen molar-refractivity contribution in [2.75, 3.05) is 19.6 Å². The summed E-state index contributed by atoms with van der Waals surface area (Å²) >= 11 is 0. The van der Waals surface area contributed by atoms with Crippen molar-refractivity contribution < 1.29 is 9.18 Å². The fraction of sp³-hybridized carbons (Fsp3) is 0.917. The van der Waals surface area contributed by atoms with E-state index in [0.29, 0.717) is 19.4 Å². The number of carbonyl (C=O) groups excluding carboxylic acids is 1. The summed E-state index contributed by atoms with van der Waals surface area (Å²) < 4.78 is 13.8. The summed E-state index contributed by atoms with van der Waals surface area (Å²) in [5, 5.41) is 9.71. The molecule has 18 heavy (non-hydrogen) atoms. The maximum absolute atomic E-state index is 13.8. The van der Waals surface area contributed by atoms with Gasteiger partial charge in [0.15, 0.2) is 0 Å². The molecule has 1 amide bonds. The van der Waals surface area contributed by atoms with Gasteiger partial charge in [0.25, 0.3) is 0 Å². The van der Waals surface area contributed by atoms with Crippen molar-refractivity contribution >= 4 is 5.91 Å². The molecule has 2 aliphatic heterocycles. The Morgan fingerprint density at radius 2 is 2.33 bits per heavy atom. The highest BCUT2D eigenvalue weighted by Gasteiger charge is 2.51. The van der Waals surface area contributed by atoms with Crippen LogP contribution in [0.4, 0.5) is 4.39 Å². The lowest BCUT2D eigenvalue weighted by molar-refractivity contribution is -0.127. The van der Waals surface area contributed by atoms with Crippen LogP contribution in [0, 0.1) is 5.92 Å². The number of hydrogen-bond donors (Lipinski definition) is 3. The van der Waals surface area contributed by atoms with Crippen molar-refractivity contribution in [3.05, 3.63) is 0 Å². The van der Waals surface area contributed by atoms with Gasteiger partial charge in [-0.15, -0.1) is 0 Å². The van der Waals surface area contributed by atoms with E-state index in [1.807, 2.05) is 0 Å². The molecule has 2 saturated heterocycles. The molecule has 5 unspecified atom stereocenters. The topological polar surface area (TPSA) is 56.4 Å². The molecule has 3 aliphatic rings. The monoisotopic (exact) mass is 256 g/mol. The lowest BCUT2D eigenvalue weighted by Gasteiger charge is -2.36. The van der Waals surface area contributed by atoms with Gasteiger partial charge in [-0.25, -0.2) is 4.39 Å². The van der Waals surface area contributed by atoms with Gasteiger partial charge in [-0.05, 0) is 19.4 Å². The van der Waals surface area contributed by atoms with Crippen LogP contribution in [0.5, 0.6) is 0 Å². The number of hydrogen-bond acceptors (Lipinski definition) is 4. The summed E-state index contributed by atoms with van der Waals surface area (Å²) in [7, 11) is 0. The second-order valence-corrected chi connectivity index (χ2v) is 5.43. The lowest BCUT2D eigenvalue weighted by Crippen LogP contribution is -2.51. The third kappa shape index (κ3) is 1.92. The number of halogens is 1. The lowest BCUT2D eigenvalue weighted by atomic mass is 9.80. The summed E-state index contributed by atoms with van der Waals surface area (Å²) in [5.41, 5.74) is 0. The van der Waals surface area contributed by atoms with E-state index in [1.54, 1.807) is 0 Å². The van der Waals surface area contributed by atoms with Crippen LogP contribution >= 0.6 is 0 Å². The van der Waals surface area contributed by atoms with Gasteiger partial charge in [0.2, 0.25) is 5.91 Å². The van der Waals surface area contributed by atoms with Crippen molar-refractivity contribution in [2.45, 2.75) is 44.3 Å². The fourth-order valence-electron chi connectivity index (χ4n) is 3.66. The Hall–Kier alpha value is -0.720. The van der Waals surface area contributed by atoms with Crippen LogP contribution in [-0.2, 0) is 4.79 Å². The second-order valence-electron chi connectivity index (χ2n) is 5.43. The minimum Gasteiger partial charge on any atom is -0.355 e. The summed E-state index contributed by atoms with van der Waals surface area (Å²) in [4.78, 5) is 14.3. The predicted molar refractivity (Wildman–Crippen MR) is 65.5 cm³/mol. The SMILES string of the molecule is CCNC1NC2CC(F)CC3C(=O)NCCN1C23. The molecule has 1 saturated carbocycles. The van der Waals surface area contributed by atoms with Gasteiger partial charge in [-0.2, -0.15) is 0 Å². The molecular formula is C12H21FN4O. The Morgan fingerprint density at radius 3 is 3.11 bits per heavy atom. The fourth-order valence-corrected chi connectivity index (χ4v) is 3.66. The Balaban J connectivity index is 1.87. The largest absolute Gasteiger partial charge is 0.355 e. The minimum atomic E-state index is -0.866. The molecule has 102 valence electrons. The number of amides is 1. The molecular weight excluding hydrogens is 235 g/mol. The predicted octanol–water partition coefficient (Wildman–Crippen LogP) is -0.600. The molecule has 6 heteroatoms. The zero-order valence-electron chi connectivity index (χ0n) is 10.7. The first kappa shape index (κ1) is 12.3. The summed E-state index contributed by atoms with van der Waals surface area (Å²) in [6.45, 7) is 4.39. The van der Waals surface area contributed by atoms with Crippen LogP contribution in [-0.4, -0.2) is 55.0 Å². The van der Waals surface area contributed by atoms with E-state index in [9.17, 15) is 9.18 Å². The van der Waals surface area contributed by atoms with Gasteiger partial charge in [0.05, 0.1) is 5.92 Å². The number of rotatable bonds is 2. The quantitative estimate of drug-likeness (QED) is 0.617. The number of nitrogens with zero attached hydrogens (tertiary/aromatic N) is 1. The molecule has 0 aromatic heterocycles. The van der Waals surface area contributed by atoms with Crippen molar-refractivity contribution in [2.24, 2.45) is 5.92 Å². The van der Waals surface area contributed by atoms with Crippen LogP contribution in [0.15, 0.2) is 0 Å². The summed E-state index contributed by atoms with van der Waals surface area (Å²) in [6.07, 6.45) is 0.0944. The Kier molecular flexibility index (Phi) is 3.25. The summed E-state index contributed by atoms with van der Waals surface area (Å²) in [5.74, 6) is -0.189. The maximum Gasteiger partial charge on any atom is 0.224 e. The van der Waals surface area contributed by atoms with E-state index in [1.165, 1.54) is 0 Å². The average molecular weight is 256 g/mol. The minimum absolute atomic E-state index is 0.0220. The molecule has 3 N–H and O–H groups in total. The highest BCUT2D eigenvalue weighted by molar-refractivity contribution is 5.80. The van der Waals surface area contributed by atoms with Gasteiger partial charge in [-0.3, -0.25) is 20.3 Å². The third-order valence-electron chi connectivity index (χ3n) is 4.33. The van der Waals surface area contributed by atoms with Crippen LogP contribution in [0.1, 0.15) is 19.8 Å². The first-order valence-electron chi connectivity index (χ1n) is 6.87. The van der Waals surface area contributed by atoms with E-state index in [0.717, 1.165) is 13.1 Å². The van der Waals surface area contributed by atoms with E-state index in [2.05, 4.69) is 27.8 Å². The van der Waals surface area contributed by atoms with Crippen molar-refractivity contribution in [1.82, 2.24) is 20.9 Å². The van der Waals surface area contributed by atoms with Crippen LogP contribution < -0.4 is 16.0 Å². The van der Waals surface area contributed by atoms with Gasteiger partial charge >= 0.3 is 0 Å². The third-order valence-corrected chi connectivity index (χ3v) is 4.33. The molecule has 5 atom stereocenters. The zero-order chi connectivity index (χ0) is 12.7. The van der Waals surface area contributed by atoms with Crippen molar-refractivity contribution in [3.8, 4) is 0 Å². The van der Waals surface area contributed by atoms with E-state index >= 15 is 0 Å². The molecule has 0 aromatic carbocycles. The molecule has 5 nitrogen and oxygen atoms in total. The summed E-state index contributed by atoms with van der Waals surface area (Å²) in [6, 6.07) is 0.232. The number of carbonyl (C=O) groups is 1. The van der Waals surface area contributed by atoms with Gasteiger partial charge in [0, 0.05) is 25.2 Å². The number of alkyl halides is 1. The van der Waals surface area contributed by atoms with E-state index in [4.69, 9.17) is 0 Å². The molecule has 3 fully saturated rings. The second kappa shape index (κ2) is 4.75. The van der Waals surface area contributed by atoms with E-state index < -0.39 is 6.17 Å². The molecule has 3 rings (SSSR count). The average Bonchev–Trinajstić information content (AvgIpc) is 2.56. The Labute approximate surface area is 106 Å². The smallest absolute Gasteiger partial charge is 0.224 e. The molecule has 2 heterocycles. The van der Waals surface area contributed by atoms with Gasteiger partial charge < -0.3 is 5.32 Å². The zero-order valence-corrected chi connectivity index (χ0v) is 10.7. The van der Waals surface area contributed by atoms with Crippen LogP contribution in [0.25, 0.3) is 0 Å². The van der Waals surface area contributed by atoms with Crippen molar-refractivity contribution in [1.29, 1.82) is 0 Å². The molecule has 0 bridgehead atoms. The van der Waals surface area contributed by atoms with Crippen LogP contribution in [0.3, 0.4) is 0 Å². The Bertz CT molecular complexity index is 340. The normalized spacial score (nSPS) is 44.3. The number of nitrogens with one attached hydrogen (secondary N) is 3. The first-order chi connectivity index (χ1) is 8.70. The molecule has 0 spiro atoms. The van der Waals surface area contributed by atoms with Crippen LogP contribution in [0.2, 0.25) is 0 Å². The first-order valence-corrected chi connectivity index (χ1v) is 6.87. The molecule has 0 radical (unpaired) electrons. The van der Waals surface area contributed by atoms with Gasteiger partial charge in [0.1, 0.15) is 12.5 Å².